The lowest BCUT2D eigenvalue weighted by molar-refractivity contribution is 0.0562. The Morgan fingerprint density at radius 2 is 2.16 bits per heavy atom. The van der Waals surface area contributed by atoms with Crippen LogP contribution in [0.2, 0.25) is 0 Å². The fourth-order valence-electron chi connectivity index (χ4n) is 2.49. The molecule has 0 atom stereocenters. The SMILES string of the molecule is Cc1cc(N)cc(C(=O)N(CCCO)C2CCC2)c1. The molecule has 1 aliphatic carbocycles. The van der Waals surface area contributed by atoms with E-state index < -0.39 is 0 Å². The van der Waals surface area contributed by atoms with Crippen LogP contribution in [0, 0.1) is 6.92 Å². The van der Waals surface area contributed by atoms with Gasteiger partial charge in [-0.3, -0.25) is 4.79 Å². The maximum Gasteiger partial charge on any atom is 0.254 e. The van der Waals surface area contributed by atoms with Crippen LogP contribution >= 0.6 is 0 Å². The molecule has 0 unspecified atom stereocenters. The van der Waals surface area contributed by atoms with Crippen molar-refractivity contribution in [1.29, 1.82) is 0 Å². The minimum Gasteiger partial charge on any atom is -0.399 e. The number of nitrogens with zero attached hydrogens (tertiary/aromatic N) is 1. The summed E-state index contributed by atoms with van der Waals surface area (Å²) in [5.74, 6) is 0.0357. The third kappa shape index (κ3) is 3.26. The fourth-order valence-corrected chi connectivity index (χ4v) is 2.49. The van der Waals surface area contributed by atoms with Gasteiger partial charge in [0.25, 0.3) is 5.91 Å². The van der Waals surface area contributed by atoms with E-state index in [2.05, 4.69) is 0 Å². The Balaban J connectivity index is 2.17. The Kier molecular flexibility index (Phi) is 4.43. The van der Waals surface area contributed by atoms with Gasteiger partial charge < -0.3 is 15.7 Å². The Hall–Kier alpha value is -1.55. The summed E-state index contributed by atoms with van der Waals surface area (Å²) in [6.07, 6.45) is 3.95. The highest BCUT2D eigenvalue weighted by molar-refractivity contribution is 5.95. The van der Waals surface area contributed by atoms with Gasteiger partial charge in [-0.2, -0.15) is 0 Å². The number of aliphatic hydroxyl groups is 1. The number of hydrogen-bond acceptors (Lipinski definition) is 3. The average molecular weight is 262 g/mol. The molecule has 1 aromatic carbocycles. The van der Waals surface area contributed by atoms with Crippen molar-refractivity contribution in [2.45, 2.75) is 38.6 Å². The van der Waals surface area contributed by atoms with Crippen molar-refractivity contribution >= 4 is 11.6 Å². The smallest absolute Gasteiger partial charge is 0.254 e. The molecule has 3 N–H and O–H groups in total. The highest BCUT2D eigenvalue weighted by Crippen LogP contribution is 2.27. The first-order valence-corrected chi connectivity index (χ1v) is 6.91. The maximum absolute atomic E-state index is 12.6. The van der Waals surface area contributed by atoms with E-state index in [1.165, 1.54) is 6.42 Å². The quantitative estimate of drug-likeness (QED) is 0.797. The highest BCUT2D eigenvalue weighted by Gasteiger charge is 2.29. The zero-order valence-electron chi connectivity index (χ0n) is 11.4. The van der Waals surface area contributed by atoms with Crippen LogP contribution in [-0.2, 0) is 0 Å². The number of hydrogen-bond donors (Lipinski definition) is 2. The summed E-state index contributed by atoms with van der Waals surface area (Å²) in [5.41, 5.74) is 8.09. The van der Waals surface area contributed by atoms with E-state index in [0.717, 1.165) is 18.4 Å². The molecule has 19 heavy (non-hydrogen) atoms. The predicted molar refractivity (Wildman–Crippen MR) is 76.0 cm³/mol. The standard InChI is InChI=1S/C15H22N2O2/c1-11-8-12(10-13(16)9-11)15(19)17(6-3-7-18)14-4-2-5-14/h8-10,14,18H,2-7,16H2,1H3. The van der Waals surface area contributed by atoms with E-state index in [9.17, 15) is 4.79 Å². The van der Waals surface area contributed by atoms with Gasteiger partial charge in [0.15, 0.2) is 0 Å². The number of carbonyl (C=O) groups is 1. The Labute approximate surface area is 114 Å². The van der Waals surface area contributed by atoms with Gasteiger partial charge in [0, 0.05) is 30.4 Å². The summed E-state index contributed by atoms with van der Waals surface area (Å²) in [7, 11) is 0. The van der Waals surface area contributed by atoms with E-state index >= 15 is 0 Å². The second-order valence-electron chi connectivity index (χ2n) is 5.29. The minimum atomic E-state index is 0.0357. The van der Waals surface area contributed by atoms with Crippen LogP contribution in [0.5, 0.6) is 0 Å². The second-order valence-corrected chi connectivity index (χ2v) is 5.29. The van der Waals surface area contributed by atoms with E-state index in [1.54, 1.807) is 6.07 Å². The summed E-state index contributed by atoms with van der Waals surface area (Å²) in [6.45, 7) is 2.68. The molecule has 0 heterocycles. The van der Waals surface area contributed by atoms with E-state index in [-0.39, 0.29) is 12.5 Å². The first-order valence-electron chi connectivity index (χ1n) is 6.91. The molecule has 1 aliphatic rings. The number of amides is 1. The molecule has 0 aliphatic heterocycles. The Morgan fingerprint density at radius 1 is 1.42 bits per heavy atom. The monoisotopic (exact) mass is 262 g/mol. The lowest BCUT2D eigenvalue weighted by Crippen LogP contribution is -2.45. The van der Waals surface area contributed by atoms with Gasteiger partial charge in [0.2, 0.25) is 0 Å². The molecular formula is C15H22N2O2. The van der Waals surface area contributed by atoms with Crippen molar-refractivity contribution in [1.82, 2.24) is 4.90 Å². The topological polar surface area (TPSA) is 66.6 Å². The third-order valence-electron chi connectivity index (χ3n) is 3.68. The highest BCUT2D eigenvalue weighted by atomic mass is 16.3. The van der Waals surface area contributed by atoms with E-state index in [4.69, 9.17) is 10.8 Å². The van der Waals surface area contributed by atoms with E-state index in [1.807, 2.05) is 24.0 Å². The number of aryl methyl sites for hydroxylation is 1. The van der Waals surface area contributed by atoms with Crippen LogP contribution in [0.4, 0.5) is 5.69 Å². The molecule has 2 rings (SSSR count). The normalized spacial score (nSPS) is 15.1. The van der Waals surface area contributed by atoms with Crippen molar-refractivity contribution in [2.24, 2.45) is 0 Å². The second kappa shape index (κ2) is 6.06. The molecule has 1 saturated carbocycles. The Morgan fingerprint density at radius 3 is 2.68 bits per heavy atom. The van der Waals surface area contributed by atoms with Gasteiger partial charge in [0.1, 0.15) is 0 Å². The molecule has 0 saturated heterocycles. The molecule has 0 bridgehead atoms. The number of nitrogen functional groups attached to an aromatic ring is 1. The van der Waals surface area contributed by atoms with Gasteiger partial charge in [0.05, 0.1) is 0 Å². The molecule has 0 radical (unpaired) electrons. The van der Waals surface area contributed by atoms with Gasteiger partial charge in [-0.25, -0.2) is 0 Å². The maximum atomic E-state index is 12.6. The molecule has 104 valence electrons. The molecule has 1 amide bonds. The summed E-state index contributed by atoms with van der Waals surface area (Å²) in [4.78, 5) is 14.5. The molecule has 4 heteroatoms. The number of carbonyl (C=O) groups excluding carboxylic acids is 1. The van der Waals surface area contributed by atoms with Crippen LogP contribution in [0.1, 0.15) is 41.6 Å². The zero-order valence-corrected chi connectivity index (χ0v) is 11.4. The average Bonchev–Trinajstić information content (AvgIpc) is 2.29. The lowest BCUT2D eigenvalue weighted by Gasteiger charge is -2.37. The molecule has 0 aromatic heterocycles. The largest absolute Gasteiger partial charge is 0.399 e. The Bertz CT molecular complexity index is 435. The number of nitrogens with two attached hydrogens (primary N) is 1. The third-order valence-corrected chi connectivity index (χ3v) is 3.68. The van der Waals surface area contributed by atoms with Crippen molar-refractivity contribution in [3.05, 3.63) is 29.3 Å². The van der Waals surface area contributed by atoms with Crippen molar-refractivity contribution in [3.63, 3.8) is 0 Å². The number of anilines is 1. The predicted octanol–water partition coefficient (Wildman–Crippen LogP) is 1.95. The van der Waals surface area contributed by atoms with Crippen molar-refractivity contribution in [3.8, 4) is 0 Å². The molecule has 1 aromatic rings. The van der Waals surface area contributed by atoms with Crippen LogP contribution < -0.4 is 5.73 Å². The molecule has 4 nitrogen and oxygen atoms in total. The first kappa shape index (κ1) is 13.9. The van der Waals surface area contributed by atoms with Crippen LogP contribution in [0.3, 0.4) is 0 Å². The minimum absolute atomic E-state index is 0.0357. The van der Waals surface area contributed by atoms with Gasteiger partial charge in [-0.1, -0.05) is 0 Å². The summed E-state index contributed by atoms with van der Waals surface area (Å²) in [6, 6.07) is 5.81. The number of rotatable bonds is 5. The van der Waals surface area contributed by atoms with Crippen LogP contribution in [-0.4, -0.2) is 35.1 Å². The number of benzene rings is 1. The summed E-state index contributed by atoms with van der Waals surface area (Å²) < 4.78 is 0. The first-order chi connectivity index (χ1) is 9.11. The van der Waals surface area contributed by atoms with Crippen LogP contribution in [0.15, 0.2) is 18.2 Å². The van der Waals surface area contributed by atoms with E-state index in [0.29, 0.717) is 30.3 Å². The van der Waals surface area contributed by atoms with Gasteiger partial charge in [-0.05, 0) is 56.4 Å². The van der Waals surface area contributed by atoms with Crippen LogP contribution in [0.25, 0.3) is 0 Å². The molecular weight excluding hydrogens is 240 g/mol. The van der Waals surface area contributed by atoms with Gasteiger partial charge >= 0.3 is 0 Å². The summed E-state index contributed by atoms with van der Waals surface area (Å²) >= 11 is 0. The molecule has 1 fully saturated rings. The lowest BCUT2D eigenvalue weighted by atomic mass is 9.90. The van der Waals surface area contributed by atoms with Crippen molar-refractivity contribution < 1.29 is 9.90 Å². The molecule has 0 spiro atoms. The number of aliphatic hydroxyl groups excluding tert-OH is 1. The van der Waals surface area contributed by atoms with Gasteiger partial charge in [-0.15, -0.1) is 0 Å². The fraction of sp³-hybridized carbons (Fsp3) is 0.533. The zero-order chi connectivity index (χ0) is 13.8. The summed E-state index contributed by atoms with van der Waals surface area (Å²) in [5, 5.41) is 8.97. The van der Waals surface area contributed by atoms with Crippen molar-refractivity contribution in [2.75, 3.05) is 18.9 Å².